The molecule has 8 aromatic carbocycles. The molecule has 0 saturated carbocycles. The highest BCUT2D eigenvalue weighted by Crippen LogP contribution is 2.38. The molecule has 0 unspecified atom stereocenters. The van der Waals surface area contributed by atoms with Crippen LogP contribution in [0.25, 0.3) is 99.7 Å². The Morgan fingerprint density at radius 1 is 0.345 bits per heavy atom. The number of rotatable bonds is 5. The van der Waals surface area contributed by atoms with Gasteiger partial charge in [0.05, 0.1) is 33.3 Å². The molecule has 0 atom stereocenters. The zero-order valence-corrected chi connectivity index (χ0v) is 29.6. The molecule has 0 N–H and O–H groups in total. The van der Waals surface area contributed by atoms with E-state index in [4.69, 9.17) is 9.97 Å². The number of hydrogen-bond acceptors (Lipinski definition) is 2. The van der Waals surface area contributed by atoms with Gasteiger partial charge in [0.25, 0.3) is 0 Å². The van der Waals surface area contributed by atoms with Crippen LogP contribution in [0.5, 0.6) is 0 Å². The van der Waals surface area contributed by atoms with E-state index in [-0.39, 0.29) is 5.82 Å². The minimum absolute atomic E-state index is 0.245. The lowest BCUT2D eigenvalue weighted by Gasteiger charge is -2.11. The van der Waals surface area contributed by atoms with E-state index in [9.17, 15) is 4.39 Å². The van der Waals surface area contributed by atoms with Crippen LogP contribution < -0.4 is 0 Å². The summed E-state index contributed by atoms with van der Waals surface area (Å²) < 4.78 is 18.5. The van der Waals surface area contributed by atoms with Crippen molar-refractivity contribution in [3.05, 3.63) is 194 Å². The summed E-state index contributed by atoms with van der Waals surface area (Å²) >= 11 is 0. The molecule has 4 nitrogen and oxygen atoms in total. The van der Waals surface area contributed by atoms with Crippen LogP contribution in [0.15, 0.2) is 188 Å². The van der Waals surface area contributed by atoms with E-state index in [1.54, 1.807) is 0 Å². The summed E-state index contributed by atoms with van der Waals surface area (Å²) in [6.07, 6.45) is 0. The fourth-order valence-electron chi connectivity index (χ4n) is 8.23. The lowest BCUT2D eigenvalue weighted by molar-refractivity contribution is 0.627. The van der Waals surface area contributed by atoms with Crippen LogP contribution in [0.1, 0.15) is 0 Å². The van der Waals surface area contributed by atoms with Gasteiger partial charge in [-0.25, -0.2) is 14.4 Å². The van der Waals surface area contributed by atoms with Gasteiger partial charge in [-0.15, -0.1) is 0 Å². The van der Waals surface area contributed by atoms with E-state index >= 15 is 0 Å². The third-order valence-electron chi connectivity index (χ3n) is 10.8. The summed E-state index contributed by atoms with van der Waals surface area (Å²) in [6, 6.07) is 64.3. The van der Waals surface area contributed by atoms with Gasteiger partial charge in [0.1, 0.15) is 5.82 Å². The summed E-state index contributed by atoms with van der Waals surface area (Å²) in [5.74, 6) is 0.455. The summed E-state index contributed by atoms with van der Waals surface area (Å²) in [5.41, 5.74) is 12.6. The van der Waals surface area contributed by atoms with Crippen LogP contribution >= 0.6 is 0 Å². The summed E-state index contributed by atoms with van der Waals surface area (Å²) in [6.45, 7) is 0. The van der Waals surface area contributed by atoms with E-state index < -0.39 is 0 Å². The van der Waals surface area contributed by atoms with Crippen molar-refractivity contribution in [1.82, 2.24) is 19.1 Å². The molecule has 3 heterocycles. The molecule has 0 aliphatic rings. The summed E-state index contributed by atoms with van der Waals surface area (Å²) in [4.78, 5) is 10.1. The van der Waals surface area contributed by atoms with E-state index in [1.807, 2.05) is 42.5 Å². The predicted molar refractivity (Wildman–Crippen MR) is 224 cm³/mol. The maximum atomic E-state index is 14.0. The largest absolute Gasteiger partial charge is 0.309 e. The topological polar surface area (TPSA) is 35.6 Å². The van der Waals surface area contributed by atoms with E-state index in [1.165, 1.54) is 28.3 Å². The molecule has 0 spiro atoms. The first-order valence-corrected chi connectivity index (χ1v) is 18.4. The Morgan fingerprint density at radius 3 is 1.62 bits per heavy atom. The highest BCUT2D eigenvalue weighted by molar-refractivity contribution is 6.12. The molecule has 0 saturated heterocycles. The van der Waals surface area contributed by atoms with Gasteiger partial charge < -0.3 is 9.13 Å². The molecular weight excluding hydrogens is 676 g/mol. The molecule has 0 bridgehead atoms. The fourth-order valence-corrected chi connectivity index (χ4v) is 8.23. The lowest BCUT2D eigenvalue weighted by Crippen LogP contribution is -1.97. The Hall–Kier alpha value is -7.37. The third-order valence-corrected chi connectivity index (χ3v) is 10.8. The number of hydrogen-bond donors (Lipinski definition) is 0. The molecular formula is C50H31FN4. The number of benzene rings is 8. The average molecular weight is 707 g/mol. The maximum absolute atomic E-state index is 14.0. The van der Waals surface area contributed by atoms with Gasteiger partial charge in [0.15, 0.2) is 5.82 Å². The number of aromatic nitrogens is 4. The van der Waals surface area contributed by atoms with Gasteiger partial charge in [-0.05, 0) is 96.1 Å². The van der Waals surface area contributed by atoms with E-state index in [0.717, 1.165) is 77.7 Å². The smallest absolute Gasteiger partial charge is 0.160 e. The minimum Gasteiger partial charge on any atom is -0.309 e. The lowest BCUT2D eigenvalue weighted by atomic mass is 10.0. The van der Waals surface area contributed by atoms with Crippen LogP contribution in [0, 0.1) is 5.82 Å². The van der Waals surface area contributed by atoms with Gasteiger partial charge in [-0.2, -0.15) is 0 Å². The molecule has 11 aromatic rings. The molecule has 11 rings (SSSR count). The number of fused-ring (bicyclic) bond motifs is 7. The molecule has 0 amide bonds. The van der Waals surface area contributed by atoms with Gasteiger partial charge in [-0.3, -0.25) is 0 Å². The summed E-state index contributed by atoms with van der Waals surface area (Å²) in [5, 5.41) is 5.74. The van der Waals surface area contributed by atoms with E-state index in [2.05, 4.69) is 143 Å². The molecule has 0 fully saturated rings. The van der Waals surface area contributed by atoms with Crippen molar-refractivity contribution in [1.29, 1.82) is 0 Å². The second-order valence-electron chi connectivity index (χ2n) is 14.0. The highest BCUT2D eigenvalue weighted by Gasteiger charge is 2.17. The SMILES string of the molecule is Fc1ccc(-n2c3ccccc3c3ccc(-c4ccc5c(c4)c4ccccc4n5-c4ccc(-c5nc(-c6ccccc6)c6ccccc6n5)cc4)cc32)cc1. The molecule has 0 aliphatic heterocycles. The quantitative estimate of drug-likeness (QED) is 0.179. The molecule has 5 heteroatoms. The van der Waals surface area contributed by atoms with Crippen molar-refractivity contribution < 1.29 is 4.39 Å². The Balaban J connectivity index is 1.02. The van der Waals surface area contributed by atoms with E-state index in [0.29, 0.717) is 5.82 Å². The number of nitrogens with zero attached hydrogens (tertiary/aromatic N) is 4. The predicted octanol–water partition coefficient (Wildman–Crippen LogP) is 13.0. The first-order chi connectivity index (χ1) is 27.2. The summed E-state index contributed by atoms with van der Waals surface area (Å²) in [7, 11) is 0. The number of para-hydroxylation sites is 3. The molecule has 258 valence electrons. The third kappa shape index (κ3) is 5.05. The number of halogens is 1. The maximum Gasteiger partial charge on any atom is 0.160 e. The van der Waals surface area contributed by atoms with Crippen LogP contribution in [-0.2, 0) is 0 Å². The molecule has 0 radical (unpaired) electrons. The first kappa shape index (κ1) is 31.2. The van der Waals surface area contributed by atoms with Gasteiger partial charge in [-0.1, -0.05) is 103 Å². The van der Waals surface area contributed by atoms with Crippen molar-refractivity contribution in [2.24, 2.45) is 0 Å². The Bertz CT molecular complexity index is 3250. The van der Waals surface area contributed by atoms with Crippen LogP contribution in [0.2, 0.25) is 0 Å². The van der Waals surface area contributed by atoms with Gasteiger partial charge >= 0.3 is 0 Å². The van der Waals surface area contributed by atoms with Crippen molar-refractivity contribution in [3.8, 4) is 45.1 Å². The van der Waals surface area contributed by atoms with Crippen LogP contribution in [0.4, 0.5) is 4.39 Å². The Labute approximate surface area is 316 Å². The van der Waals surface area contributed by atoms with Crippen molar-refractivity contribution in [2.75, 3.05) is 0 Å². The Kier molecular flexibility index (Phi) is 7.01. The molecule has 0 aliphatic carbocycles. The molecule has 55 heavy (non-hydrogen) atoms. The normalized spacial score (nSPS) is 11.7. The Morgan fingerprint density at radius 2 is 0.873 bits per heavy atom. The van der Waals surface area contributed by atoms with Crippen LogP contribution in [0.3, 0.4) is 0 Å². The zero-order chi connectivity index (χ0) is 36.5. The van der Waals surface area contributed by atoms with Crippen molar-refractivity contribution in [3.63, 3.8) is 0 Å². The highest BCUT2D eigenvalue weighted by atomic mass is 19.1. The van der Waals surface area contributed by atoms with Crippen molar-refractivity contribution >= 4 is 54.5 Å². The monoisotopic (exact) mass is 706 g/mol. The fraction of sp³-hybridized carbons (Fsp3) is 0. The standard InChI is InChI=1S/C50H31FN4/c51-36-22-26-38(27-23-36)55-45-16-8-5-12-39(45)41-28-20-35(31-48(41)55)34-21-29-47-43(30-34)40-13-6-9-17-46(40)54(47)37-24-18-33(19-25-37)50-52-44-15-7-4-14-42(44)49(53-50)32-10-2-1-3-11-32/h1-31H. The second-order valence-corrected chi connectivity index (χ2v) is 14.0. The van der Waals surface area contributed by atoms with Gasteiger partial charge in [0, 0.05) is 49.4 Å². The average Bonchev–Trinajstić information content (AvgIpc) is 3.76. The van der Waals surface area contributed by atoms with Crippen molar-refractivity contribution in [2.45, 2.75) is 0 Å². The zero-order valence-electron chi connectivity index (χ0n) is 29.6. The first-order valence-electron chi connectivity index (χ1n) is 18.4. The van der Waals surface area contributed by atoms with Gasteiger partial charge in [0.2, 0.25) is 0 Å². The van der Waals surface area contributed by atoms with Crippen LogP contribution in [-0.4, -0.2) is 19.1 Å². The molecule has 3 aromatic heterocycles. The minimum atomic E-state index is -0.245. The second kappa shape index (κ2) is 12.4.